The summed E-state index contributed by atoms with van der Waals surface area (Å²) in [6, 6.07) is 6.54. The Labute approximate surface area is 128 Å². The monoisotopic (exact) mass is 372 g/mol. The molecule has 0 bridgehead atoms. The van der Waals surface area contributed by atoms with Crippen LogP contribution in [0.1, 0.15) is 5.56 Å². The molecule has 1 N–H and O–H groups in total. The molecule has 9 heteroatoms. The van der Waals surface area contributed by atoms with Crippen molar-refractivity contribution in [2.24, 2.45) is 0 Å². The summed E-state index contributed by atoms with van der Waals surface area (Å²) in [5, 5.41) is 8.92. The number of halogens is 2. The van der Waals surface area contributed by atoms with Crippen LogP contribution in [-0.2, 0) is 10.0 Å². The molecule has 2 aromatic rings. The number of hydrogen-bond acceptors (Lipinski definition) is 5. The van der Waals surface area contributed by atoms with Crippen LogP contribution in [0.5, 0.6) is 0 Å². The predicted octanol–water partition coefficient (Wildman–Crippen LogP) is 2.56. The molecule has 1 heterocycles. The fourth-order valence-electron chi connectivity index (χ4n) is 1.34. The first kappa shape index (κ1) is 14.7. The van der Waals surface area contributed by atoms with Crippen LogP contribution in [0.4, 0.5) is 5.69 Å². The highest BCUT2D eigenvalue weighted by Crippen LogP contribution is 2.23. The Hall–Kier alpha value is -1.69. The Balaban J connectivity index is 2.41. The Bertz CT molecular complexity index is 787. The first-order valence-corrected chi connectivity index (χ1v) is 7.78. The maximum Gasteiger partial charge on any atom is 0.265 e. The number of anilines is 1. The summed E-state index contributed by atoms with van der Waals surface area (Å²) in [4.78, 5) is 7.07. The van der Waals surface area contributed by atoms with E-state index in [1.165, 1.54) is 12.1 Å². The molecular formula is C11H6BrClN4O2S. The van der Waals surface area contributed by atoms with Gasteiger partial charge in [0.15, 0.2) is 0 Å². The van der Waals surface area contributed by atoms with Crippen molar-refractivity contribution >= 4 is 43.2 Å². The van der Waals surface area contributed by atoms with Crippen LogP contribution >= 0.6 is 27.5 Å². The number of nitriles is 1. The van der Waals surface area contributed by atoms with Gasteiger partial charge in [0.1, 0.15) is 11.0 Å². The van der Waals surface area contributed by atoms with E-state index in [1.807, 2.05) is 6.07 Å². The minimum absolute atomic E-state index is 0.0517. The molecule has 0 amide bonds. The van der Waals surface area contributed by atoms with Crippen LogP contribution in [-0.4, -0.2) is 18.4 Å². The molecule has 2 rings (SSSR count). The Kier molecular flexibility index (Phi) is 4.23. The molecular weight excluding hydrogens is 368 g/mol. The number of aromatic nitrogens is 2. The molecule has 0 spiro atoms. The largest absolute Gasteiger partial charge is 0.278 e. The van der Waals surface area contributed by atoms with Crippen LogP contribution < -0.4 is 4.72 Å². The summed E-state index contributed by atoms with van der Waals surface area (Å²) in [5.41, 5.74) is 0.364. The number of nitrogens with zero attached hydrogens (tertiary/aromatic N) is 3. The van der Waals surface area contributed by atoms with Crippen molar-refractivity contribution in [1.29, 1.82) is 5.26 Å². The molecule has 1 aromatic carbocycles. The van der Waals surface area contributed by atoms with E-state index in [2.05, 4.69) is 30.6 Å². The van der Waals surface area contributed by atoms with Crippen LogP contribution in [0.25, 0.3) is 0 Å². The Morgan fingerprint density at radius 2 is 1.95 bits per heavy atom. The van der Waals surface area contributed by atoms with E-state index in [0.717, 1.165) is 12.4 Å². The Morgan fingerprint density at radius 3 is 2.55 bits per heavy atom. The Morgan fingerprint density at radius 1 is 1.30 bits per heavy atom. The molecule has 0 atom stereocenters. The van der Waals surface area contributed by atoms with Crippen molar-refractivity contribution in [2.75, 3.05) is 4.72 Å². The van der Waals surface area contributed by atoms with E-state index in [0.29, 0.717) is 4.47 Å². The number of nitrogens with one attached hydrogen (secondary N) is 1. The van der Waals surface area contributed by atoms with Gasteiger partial charge in [-0.25, -0.2) is 18.4 Å². The first-order valence-electron chi connectivity index (χ1n) is 5.12. The fraction of sp³-hybridized carbons (Fsp3) is 0. The van der Waals surface area contributed by atoms with Crippen LogP contribution in [0.2, 0.25) is 5.28 Å². The fourth-order valence-corrected chi connectivity index (χ4v) is 2.76. The summed E-state index contributed by atoms with van der Waals surface area (Å²) in [5.74, 6) is 0. The molecule has 0 saturated carbocycles. The van der Waals surface area contributed by atoms with Crippen LogP contribution in [0, 0.1) is 11.3 Å². The van der Waals surface area contributed by atoms with Gasteiger partial charge in [0, 0.05) is 4.47 Å². The van der Waals surface area contributed by atoms with Gasteiger partial charge in [0.25, 0.3) is 10.0 Å². The molecule has 0 fully saturated rings. The molecule has 20 heavy (non-hydrogen) atoms. The van der Waals surface area contributed by atoms with Gasteiger partial charge in [-0.3, -0.25) is 4.72 Å². The zero-order valence-electron chi connectivity index (χ0n) is 9.71. The summed E-state index contributed by atoms with van der Waals surface area (Å²) < 4.78 is 27.2. The second-order valence-corrected chi connectivity index (χ2v) is 6.53. The lowest BCUT2D eigenvalue weighted by Gasteiger charge is -2.09. The van der Waals surface area contributed by atoms with Crippen LogP contribution in [0.15, 0.2) is 40.0 Å². The third-order valence-electron chi connectivity index (χ3n) is 2.25. The minimum atomic E-state index is -3.89. The van der Waals surface area contributed by atoms with Crippen molar-refractivity contribution in [3.05, 3.63) is 45.9 Å². The van der Waals surface area contributed by atoms with Gasteiger partial charge >= 0.3 is 0 Å². The number of benzene rings is 1. The second kappa shape index (κ2) is 5.75. The van der Waals surface area contributed by atoms with Gasteiger partial charge in [-0.15, -0.1) is 0 Å². The zero-order chi connectivity index (χ0) is 14.8. The molecule has 1 aromatic heterocycles. The van der Waals surface area contributed by atoms with Gasteiger partial charge < -0.3 is 0 Å². The molecule has 0 aliphatic rings. The molecule has 0 unspecified atom stereocenters. The van der Waals surface area contributed by atoms with E-state index < -0.39 is 10.0 Å². The van der Waals surface area contributed by atoms with Crippen molar-refractivity contribution in [1.82, 2.24) is 9.97 Å². The lowest BCUT2D eigenvalue weighted by Crippen LogP contribution is -2.14. The SMILES string of the molecule is N#Cc1ccc(Br)cc1NS(=O)(=O)c1cnc(Cl)nc1. The van der Waals surface area contributed by atoms with E-state index in [9.17, 15) is 8.42 Å². The standard InChI is InChI=1S/C11H6BrClN4O2S/c12-8-2-1-7(4-14)10(3-8)17-20(18,19)9-5-15-11(13)16-6-9/h1-3,5-6,17H. The predicted molar refractivity (Wildman–Crippen MR) is 76.7 cm³/mol. The molecule has 0 saturated heterocycles. The van der Waals surface area contributed by atoms with E-state index in [4.69, 9.17) is 16.9 Å². The highest BCUT2D eigenvalue weighted by Gasteiger charge is 2.17. The molecule has 0 radical (unpaired) electrons. The third kappa shape index (κ3) is 3.25. The molecule has 0 aliphatic carbocycles. The summed E-state index contributed by atoms with van der Waals surface area (Å²) in [6.45, 7) is 0. The maximum atomic E-state index is 12.1. The molecule has 0 aliphatic heterocycles. The van der Waals surface area contributed by atoms with E-state index in [-0.39, 0.29) is 21.4 Å². The van der Waals surface area contributed by atoms with Gasteiger partial charge in [0.05, 0.1) is 23.6 Å². The number of rotatable bonds is 3. The van der Waals surface area contributed by atoms with E-state index in [1.54, 1.807) is 6.07 Å². The summed E-state index contributed by atoms with van der Waals surface area (Å²) >= 11 is 8.72. The maximum absolute atomic E-state index is 12.1. The van der Waals surface area contributed by atoms with Gasteiger partial charge in [-0.2, -0.15) is 5.26 Å². The molecule has 102 valence electrons. The molecule has 6 nitrogen and oxygen atoms in total. The highest BCUT2D eigenvalue weighted by molar-refractivity contribution is 9.10. The van der Waals surface area contributed by atoms with Gasteiger partial charge in [-0.1, -0.05) is 15.9 Å². The minimum Gasteiger partial charge on any atom is -0.278 e. The number of sulfonamides is 1. The quantitative estimate of drug-likeness (QED) is 0.834. The highest BCUT2D eigenvalue weighted by atomic mass is 79.9. The average molecular weight is 374 g/mol. The van der Waals surface area contributed by atoms with Crippen molar-refractivity contribution in [2.45, 2.75) is 4.90 Å². The smallest absolute Gasteiger partial charge is 0.265 e. The normalized spacial score (nSPS) is 10.8. The number of hydrogen-bond donors (Lipinski definition) is 1. The van der Waals surface area contributed by atoms with Crippen molar-refractivity contribution < 1.29 is 8.42 Å². The first-order chi connectivity index (χ1) is 9.42. The average Bonchev–Trinajstić information content (AvgIpc) is 2.39. The van der Waals surface area contributed by atoms with Crippen molar-refractivity contribution in [3.63, 3.8) is 0 Å². The lowest BCUT2D eigenvalue weighted by atomic mass is 10.2. The van der Waals surface area contributed by atoms with Gasteiger partial charge in [-0.05, 0) is 29.8 Å². The second-order valence-electron chi connectivity index (χ2n) is 3.60. The van der Waals surface area contributed by atoms with Crippen LogP contribution in [0.3, 0.4) is 0 Å². The van der Waals surface area contributed by atoms with Crippen molar-refractivity contribution in [3.8, 4) is 6.07 Å². The third-order valence-corrected chi connectivity index (χ3v) is 4.26. The summed E-state index contributed by atoms with van der Waals surface area (Å²) in [7, 11) is -3.89. The van der Waals surface area contributed by atoms with Gasteiger partial charge in [0.2, 0.25) is 5.28 Å². The topological polar surface area (TPSA) is 95.7 Å². The van der Waals surface area contributed by atoms with E-state index >= 15 is 0 Å². The summed E-state index contributed by atoms with van der Waals surface area (Å²) in [6.07, 6.45) is 2.17. The zero-order valence-corrected chi connectivity index (χ0v) is 12.9. The lowest BCUT2D eigenvalue weighted by molar-refractivity contribution is 0.600.